The highest BCUT2D eigenvalue weighted by Crippen LogP contribution is 2.32. The largest absolute Gasteiger partial charge is 0.468 e. The molecule has 2 aliphatic heterocycles. The Morgan fingerprint density at radius 3 is 3.00 bits per heavy atom. The van der Waals surface area contributed by atoms with E-state index in [0.717, 1.165) is 43.1 Å². The minimum atomic E-state index is 0.203. The Morgan fingerprint density at radius 2 is 2.16 bits per heavy atom. The van der Waals surface area contributed by atoms with Crippen molar-refractivity contribution in [2.45, 2.75) is 57.6 Å². The normalized spacial score (nSPS) is 26.7. The molecule has 2 aliphatic rings. The summed E-state index contributed by atoms with van der Waals surface area (Å²) in [4.78, 5) is 6.97. The molecule has 0 aliphatic carbocycles. The summed E-state index contributed by atoms with van der Waals surface area (Å²) in [5.74, 6) is 1.04. The van der Waals surface area contributed by atoms with Crippen molar-refractivity contribution in [3.05, 3.63) is 53.7 Å². The third kappa shape index (κ3) is 4.11. The molecule has 25 heavy (non-hydrogen) atoms. The van der Waals surface area contributed by atoms with E-state index in [4.69, 9.17) is 13.9 Å². The average Bonchev–Trinajstić information content (AvgIpc) is 3.26. The number of fused-ring (bicyclic) bond motifs is 1. The minimum Gasteiger partial charge on any atom is -0.468 e. The second-order valence-corrected chi connectivity index (χ2v) is 7.07. The van der Waals surface area contributed by atoms with E-state index in [9.17, 15) is 0 Å². The van der Waals surface area contributed by atoms with E-state index >= 15 is 0 Å². The van der Waals surface area contributed by atoms with Crippen LogP contribution in [0.5, 0.6) is 0 Å². The Kier molecular flexibility index (Phi) is 5.15. The predicted molar refractivity (Wildman–Crippen MR) is 94.0 cm³/mol. The molecule has 0 spiro atoms. The summed E-state index contributed by atoms with van der Waals surface area (Å²) in [6.45, 7) is 5.17. The van der Waals surface area contributed by atoms with Gasteiger partial charge in [-0.2, -0.15) is 0 Å². The van der Waals surface area contributed by atoms with Crippen LogP contribution in [0.25, 0.3) is 0 Å². The predicted octanol–water partition coefficient (Wildman–Crippen LogP) is 3.32. The molecule has 134 valence electrons. The summed E-state index contributed by atoms with van der Waals surface area (Å²) < 4.78 is 17.7. The summed E-state index contributed by atoms with van der Waals surface area (Å²) in [6.07, 6.45) is 5.60. The van der Waals surface area contributed by atoms with Crippen LogP contribution in [0, 0.1) is 6.92 Å². The van der Waals surface area contributed by atoms with Gasteiger partial charge in [0.2, 0.25) is 0 Å². The van der Waals surface area contributed by atoms with Crippen molar-refractivity contribution >= 4 is 0 Å². The van der Waals surface area contributed by atoms with E-state index in [-0.39, 0.29) is 6.10 Å². The van der Waals surface area contributed by atoms with Gasteiger partial charge >= 0.3 is 0 Å². The lowest BCUT2D eigenvalue weighted by atomic mass is 9.99. The minimum absolute atomic E-state index is 0.203. The first-order valence-corrected chi connectivity index (χ1v) is 9.20. The van der Waals surface area contributed by atoms with Gasteiger partial charge in [0.25, 0.3) is 0 Å². The summed E-state index contributed by atoms with van der Waals surface area (Å²) in [5.41, 5.74) is 2.01. The van der Waals surface area contributed by atoms with Gasteiger partial charge in [-0.15, -0.1) is 0 Å². The molecule has 5 nitrogen and oxygen atoms in total. The van der Waals surface area contributed by atoms with Gasteiger partial charge in [0.05, 0.1) is 43.9 Å². The number of likely N-dealkylation sites (tertiary alicyclic amines) is 1. The van der Waals surface area contributed by atoms with Crippen molar-refractivity contribution in [3.63, 3.8) is 0 Å². The fraction of sp³-hybridized carbons (Fsp3) is 0.550. The molecule has 0 radical (unpaired) electrons. The zero-order valence-electron chi connectivity index (χ0n) is 14.8. The van der Waals surface area contributed by atoms with Gasteiger partial charge in [-0.1, -0.05) is 6.07 Å². The lowest BCUT2D eigenvalue weighted by molar-refractivity contribution is -0.103. The molecule has 2 fully saturated rings. The highest BCUT2D eigenvalue weighted by molar-refractivity contribution is 5.09. The number of hydrogen-bond donors (Lipinski definition) is 0. The van der Waals surface area contributed by atoms with E-state index in [1.807, 2.05) is 37.3 Å². The fourth-order valence-corrected chi connectivity index (χ4v) is 3.98. The lowest BCUT2D eigenvalue weighted by Crippen LogP contribution is -2.43. The highest BCUT2D eigenvalue weighted by Gasteiger charge is 2.39. The van der Waals surface area contributed by atoms with Gasteiger partial charge in [0, 0.05) is 18.3 Å². The molecule has 2 saturated heterocycles. The van der Waals surface area contributed by atoms with Gasteiger partial charge < -0.3 is 13.9 Å². The first kappa shape index (κ1) is 16.8. The number of furan rings is 1. The van der Waals surface area contributed by atoms with E-state index in [0.29, 0.717) is 25.4 Å². The molecule has 4 rings (SSSR count). The molecule has 5 heteroatoms. The van der Waals surface area contributed by atoms with Crippen LogP contribution in [0.2, 0.25) is 0 Å². The molecule has 0 aromatic carbocycles. The van der Waals surface area contributed by atoms with Gasteiger partial charge in [-0.05, 0) is 50.5 Å². The molecule has 2 aromatic heterocycles. The van der Waals surface area contributed by atoms with Gasteiger partial charge in [0.1, 0.15) is 5.76 Å². The lowest BCUT2D eigenvalue weighted by Gasteiger charge is -2.35. The van der Waals surface area contributed by atoms with Crippen LogP contribution in [-0.2, 0) is 22.6 Å². The maximum atomic E-state index is 6.30. The Bertz CT molecular complexity index is 673. The van der Waals surface area contributed by atoms with Crippen molar-refractivity contribution in [2.75, 3.05) is 13.2 Å². The molecule has 0 N–H and O–H groups in total. The van der Waals surface area contributed by atoms with Gasteiger partial charge in [-0.25, -0.2) is 0 Å². The van der Waals surface area contributed by atoms with Crippen molar-refractivity contribution < 1.29 is 13.9 Å². The van der Waals surface area contributed by atoms with Crippen LogP contribution >= 0.6 is 0 Å². The number of nitrogens with zero attached hydrogens (tertiary/aromatic N) is 2. The Labute approximate surface area is 148 Å². The Morgan fingerprint density at radius 1 is 1.20 bits per heavy atom. The smallest absolute Gasteiger partial charge is 0.117 e. The molecule has 0 bridgehead atoms. The summed E-state index contributed by atoms with van der Waals surface area (Å²) in [6, 6.07) is 10.6. The quantitative estimate of drug-likeness (QED) is 0.806. The van der Waals surface area contributed by atoms with Crippen molar-refractivity contribution in [2.24, 2.45) is 0 Å². The summed E-state index contributed by atoms with van der Waals surface area (Å²) in [7, 11) is 0. The van der Waals surface area contributed by atoms with Crippen LogP contribution in [-0.4, -0.2) is 41.3 Å². The second kappa shape index (κ2) is 7.68. The van der Waals surface area contributed by atoms with Gasteiger partial charge in [0.15, 0.2) is 0 Å². The number of hydrogen-bond acceptors (Lipinski definition) is 5. The van der Waals surface area contributed by atoms with Gasteiger partial charge in [-0.3, -0.25) is 9.88 Å². The first-order valence-electron chi connectivity index (χ1n) is 9.20. The molecular weight excluding hydrogens is 316 g/mol. The van der Waals surface area contributed by atoms with Crippen LogP contribution in [0.1, 0.15) is 36.4 Å². The number of aromatic nitrogens is 1. The number of ether oxygens (including phenoxy) is 2. The molecule has 4 heterocycles. The monoisotopic (exact) mass is 342 g/mol. The van der Waals surface area contributed by atoms with E-state index in [1.165, 1.54) is 6.42 Å². The average molecular weight is 342 g/mol. The van der Waals surface area contributed by atoms with Crippen molar-refractivity contribution in [1.29, 1.82) is 0 Å². The zero-order valence-corrected chi connectivity index (χ0v) is 14.8. The number of pyridine rings is 1. The number of rotatable bonds is 6. The third-order valence-corrected chi connectivity index (χ3v) is 5.19. The first-order chi connectivity index (χ1) is 12.3. The molecule has 3 atom stereocenters. The van der Waals surface area contributed by atoms with Crippen LogP contribution in [0.4, 0.5) is 0 Å². The second-order valence-electron chi connectivity index (χ2n) is 7.07. The highest BCUT2D eigenvalue weighted by atomic mass is 16.5. The standard InChI is InChI=1S/C20H26N2O3/c1-15-4-2-5-16(21-15)13-23-14-18-7-8-19-20(25-18)9-10-22(19)12-17-6-3-11-24-17/h2-6,11,18-20H,7-10,12-14H2,1H3/t18-,19-,20-/m0/s1. The fourth-order valence-electron chi connectivity index (χ4n) is 3.98. The van der Waals surface area contributed by atoms with Crippen LogP contribution < -0.4 is 0 Å². The Balaban J connectivity index is 1.23. The summed E-state index contributed by atoms with van der Waals surface area (Å²) >= 11 is 0. The maximum absolute atomic E-state index is 6.30. The number of aryl methyl sites for hydroxylation is 1. The van der Waals surface area contributed by atoms with Crippen LogP contribution in [0.15, 0.2) is 41.0 Å². The van der Waals surface area contributed by atoms with E-state index in [1.54, 1.807) is 6.26 Å². The Hall–Kier alpha value is -1.69. The molecule has 0 unspecified atom stereocenters. The van der Waals surface area contributed by atoms with Crippen molar-refractivity contribution in [3.8, 4) is 0 Å². The van der Waals surface area contributed by atoms with Crippen molar-refractivity contribution in [1.82, 2.24) is 9.88 Å². The molecular formula is C20H26N2O3. The maximum Gasteiger partial charge on any atom is 0.117 e. The van der Waals surface area contributed by atoms with Crippen LogP contribution in [0.3, 0.4) is 0 Å². The van der Waals surface area contributed by atoms with E-state index < -0.39 is 0 Å². The SMILES string of the molecule is Cc1cccc(COC[C@@H]2CC[C@H]3[C@H](CCN3Cc3ccco3)O2)n1. The molecule has 0 amide bonds. The molecule has 2 aromatic rings. The zero-order chi connectivity index (χ0) is 17.1. The topological polar surface area (TPSA) is 47.7 Å². The van der Waals surface area contributed by atoms with E-state index in [2.05, 4.69) is 9.88 Å². The third-order valence-electron chi connectivity index (χ3n) is 5.19. The molecule has 0 saturated carbocycles. The summed E-state index contributed by atoms with van der Waals surface area (Å²) in [5, 5.41) is 0.